The molecule has 0 saturated heterocycles. The number of aliphatic hydroxyl groups is 1. The summed E-state index contributed by atoms with van der Waals surface area (Å²) in [5.74, 6) is 0. The minimum absolute atomic E-state index is 0.0291. The molecule has 3 heteroatoms. The van der Waals surface area contributed by atoms with Gasteiger partial charge in [0.25, 0.3) is 0 Å². The Balaban J connectivity index is 4.19. The Morgan fingerprint density at radius 2 is 1.53 bits per heavy atom. The second kappa shape index (κ2) is 6.46. The van der Waals surface area contributed by atoms with Crippen LogP contribution in [-0.2, 0) is 0 Å². The van der Waals surface area contributed by atoms with Crippen molar-refractivity contribution in [3.63, 3.8) is 0 Å². The average Bonchev–Trinajstić information content (AvgIpc) is 2.09. The zero-order valence-electron chi connectivity index (χ0n) is 11.2. The van der Waals surface area contributed by atoms with Crippen LogP contribution in [0.25, 0.3) is 0 Å². The first kappa shape index (κ1) is 14.9. The van der Waals surface area contributed by atoms with Gasteiger partial charge in [-0.25, -0.2) is 0 Å². The third-order valence-electron chi connectivity index (χ3n) is 2.86. The van der Waals surface area contributed by atoms with Crippen LogP contribution in [0.15, 0.2) is 0 Å². The lowest BCUT2D eigenvalue weighted by molar-refractivity contribution is -0.0424. The lowest BCUT2D eigenvalue weighted by Crippen LogP contribution is -2.50. The molecule has 0 aromatic rings. The van der Waals surface area contributed by atoms with E-state index >= 15 is 0 Å². The molecule has 3 nitrogen and oxygen atoms in total. The summed E-state index contributed by atoms with van der Waals surface area (Å²) in [5, 5.41) is 9.71. The summed E-state index contributed by atoms with van der Waals surface area (Å²) >= 11 is 0. The van der Waals surface area contributed by atoms with Crippen molar-refractivity contribution in [2.75, 3.05) is 26.2 Å². The van der Waals surface area contributed by atoms with Crippen molar-refractivity contribution in [1.29, 1.82) is 0 Å². The molecule has 0 rings (SSSR count). The highest BCUT2D eigenvalue weighted by molar-refractivity contribution is 4.77. The van der Waals surface area contributed by atoms with E-state index in [2.05, 4.69) is 44.4 Å². The molecule has 0 aromatic heterocycles. The molecule has 1 N–H and O–H groups in total. The summed E-state index contributed by atoms with van der Waals surface area (Å²) in [6, 6.07) is 0. The SMILES string of the molecule is CCN(CC)CCN(C(C)O)C(C)(C)C. The quantitative estimate of drug-likeness (QED) is 0.686. The molecule has 0 bridgehead atoms. The van der Waals surface area contributed by atoms with Crippen molar-refractivity contribution in [1.82, 2.24) is 9.80 Å². The van der Waals surface area contributed by atoms with Gasteiger partial charge in [-0.15, -0.1) is 0 Å². The largest absolute Gasteiger partial charge is 0.379 e. The van der Waals surface area contributed by atoms with Gasteiger partial charge in [0, 0.05) is 18.6 Å². The van der Waals surface area contributed by atoms with Crippen LogP contribution < -0.4 is 0 Å². The van der Waals surface area contributed by atoms with Gasteiger partial charge in [0.2, 0.25) is 0 Å². The van der Waals surface area contributed by atoms with E-state index in [0.717, 1.165) is 26.2 Å². The first-order valence-electron chi connectivity index (χ1n) is 6.00. The van der Waals surface area contributed by atoms with Crippen LogP contribution in [0.3, 0.4) is 0 Å². The van der Waals surface area contributed by atoms with E-state index in [9.17, 15) is 5.11 Å². The monoisotopic (exact) mass is 216 g/mol. The van der Waals surface area contributed by atoms with Crippen molar-refractivity contribution in [2.24, 2.45) is 0 Å². The molecule has 92 valence electrons. The molecule has 0 spiro atoms. The number of hydrogen-bond acceptors (Lipinski definition) is 3. The maximum absolute atomic E-state index is 9.71. The number of hydrogen-bond donors (Lipinski definition) is 1. The van der Waals surface area contributed by atoms with E-state index in [4.69, 9.17) is 0 Å². The average molecular weight is 216 g/mol. The molecule has 0 radical (unpaired) electrons. The van der Waals surface area contributed by atoms with Crippen LogP contribution in [0.2, 0.25) is 0 Å². The van der Waals surface area contributed by atoms with Crippen LogP contribution in [-0.4, -0.2) is 52.9 Å². The second-order valence-corrected chi connectivity index (χ2v) is 5.02. The van der Waals surface area contributed by atoms with Gasteiger partial charge in [-0.05, 0) is 40.8 Å². The van der Waals surface area contributed by atoms with E-state index in [1.807, 2.05) is 6.92 Å². The minimum Gasteiger partial charge on any atom is -0.379 e. The van der Waals surface area contributed by atoms with Crippen LogP contribution in [0.5, 0.6) is 0 Å². The molecule has 1 atom stereocenters. The summed E-state index contributed by atoms with van der Waals surface area (Å²) in [6.45, 7) is 16.7. The highest BCUT2D eigenvalue weighted by atomic mass is 16.3. The lowest BCUT2D eigenvalue weighted by atomic mass is 10.1. The van der Waals surface area contributed by atoms with Gasteiger partial charge in [0.15, 0.2) is 0 Å². The molecule has 1 unspecified atom stereocenters. The van der Waals surface area contributed by atoms with Gasteiger partial charge in [-0.3, -0.25) is 4.90 Å². The summed E-state index contributed by atoms with van der Waals surface area (Å²) in [7, 11) is 0. The van der Waals surface area contributed by atoms with Gasteiger partial charge in [-0.1, -0.05) is 13.8 Å². The van der Waals surface area contributed by atoms with Crippen LogP contribution in [0, 0.1) is 0 Å². The molecule has 0 aromatic carbocycles. The van der Waals surface area contributed by atoms with Crippen molar-refractivity contribution in [3.05, 3.63) is 0 Å². The Kier molecular flexibility index (Phi) is 6.41. The molecular weight excluding hydrogens is 188 g/mol. The Morgan fingerprint density at radius 1 is 1.07 bits per heavy atom. The predicted molar refractivity (Wildman–Crippen MR) is 65.9 cm³/mol. The summed E-state index contributed by atoms with van der Waals surface area (Å²) in [5.41, 5.74) is 0.0291. The third-order valence-corrected chi connectivity index (χ3v) is 2.86. The molecule has 15 heavy (non-hydrogen) atoms. The summed E-state index contributed by atoms with van der Waals surface area (Å²) in [4.78, 5) is 4.51. The first-order valence-corrected chi connectivity index (χ1v) is 6.00. The van der Waals surface area contributed by atoms with Gasteiger partial charge in [-0.2, -0.15) is 0 Å². The van der Waals surface area contributed by atoms with E-state index in [-0.39, 0.29) is 11.8 Å². The topological polar surface area (TPSA) is 26.7 Å². The fraction of sp³-hybridized carbons (Fsp3) is 1.00. The minimum atomic E-state index is -0.374. The van der Waals surface area contributed by atoms with E-state index in [0.29, 0.717) is 0 Å². The van der Waals surface area contributed by atoms with E-state index in [1.165, 1.54) is 0 Å². The molecular formula is C12H28N2O. The van der Waals surface area contributed by atoms with E-state index in [1.54, 1.807) is 0 Å². The van der Waals surface area contributed by atoms with Crippen LogP contribution in [0.4, 0.5) is 0 Å². The highest BCUT2D eigenvalue weighted by Crippen LogP contribution is 2.15. The van der Waals surface area contributed by atoms with Crippen molar-refractivity contribution in [3.8, 4) is 0 Å². The smallest absolute Gasteiger partial charge is 0.105 e. The normalized spacial score (nSPS) is 15.0. The van der Waals surface area contributed by atoms with Crippen molar-refractivity contribution < 1.29 is 5.11 Å². The zero-order valence-corrected chi connectivity index (χ0v) is 11.2. The third kappa shape index (κ3) is 5.50. The number of aliphatic hydroxyl groups excluding tert-OH is 1. The van der Waals surface area contributed by atoms with Gasteiger partial charge in [0.05, 0.1) is 0 Å². The lowest BCUT2D eigenvalue weighted by Gasteiger charge is -2.39. The Labute approximate surface area is 95.1 Å². The van der Waals surface area contributed by atoms with Crippen LogP contribution >= 0.6 is 0 Å². The first-order chi connectivity index (χ1) is 6.82. The number of likely N-dealkylation sites (N-methyl/N-ethyl adjacent to an activating group) is 1. The molecule has 0 aliphatic heterocycles. The molecule has 0 aliphatic rings. The molecule has 0 fully saturated rings. The molecule has 0 aliphatic carbocycles. The summed E-state index contributed by atoms with van der Waals surface area (Å²) < 4.78 is 0. The maximum atomic E-state index is 9.71. The van der Waals surface area contributed by atoms with Crippen LogP contribution in [0.1, 0.15) is 41.5 Å². The Hall–Kier alpha value is -0.120. The zero-order chi connectivity index (χ0) is 12.1. The second-order valence-electron chi connectivity index (χ2n) is 5.02. The molecule has 0 amide bonds. The summed E-state index contributed by atoms with van der Waals surface area (Å²) in [6.07, 6.45) is -0.374. The van der Waals surface area contributed by atoms with Gasteiger partial charge in [0.1, 0.15) is 6.23 Å². The predicted octanol–water partition coefficient (Wildman–Crippen LogP) is 1.77. The standard InChI is InChI=1S/C12H28N2O/c1-7-13(8-2)9-10-14(11(3)15)12(4,5)6/h11,15H,7-10H2,1-6H3. The van der Waals surface area contributed by atoms with Crippen molar-refractivity contribution in [2.45, 2.75) is 53.3 Å². The number of rotatable bonds is 6. The fourth-order valence-electron chi connectivity index (χ4n) is 1.87. The molecule has 0 heterocycles. The van der Waals surface area contributed by atoms with Gasteiger partial charge >= 0.3 is 0 Å². The van der Waals surface area contributed by atoms with Crippen molar-refractivity contribution >= 4 is 0 Å². The maximum Gasteiger partial charge on any atom is 0.105 e. The Morgan fingerprint density at radius 3 is 1.80 bits per heavy atom. The fourth-order valence-corrected chi connectivity index (χ4v) is 1.87. The Bertz CT molecular complexity index is 159. The van der Waals surface area contributed by atoms with Gasteiger partial charge < -0.3 is 10.0 Å². The highest BCUT2D eigenvalue weighted by Gasteiger charge is 2.24. The number of nitrogens with zero attached hydrogens (tertiary/aromatic N) is 2. The van der Waals surface area contributed by atoms with E-state index < -0.39 is 0 Å². The molecule has 0 saturated carbocycles.